The standard InChI is InChI=1S/C22H30Cl2N2O2/c1-25(21(27)13-16-4-5-17(23)18(24)12-16)19-6-7-22(8-11-28-15-22)14-20(19)26-9-2-3-10-26/h4-5,12,19-20H,2-3,6-11,13-15H2,1H3/t19?,20-,22-/m0/s1. The number of likely N-dealkylation sites (N-methyl/N-ethyl adjacent to an activating group) is 1. The fraction of sp³-hybridized carbons (Fsp3) is 0.682. The lowest BCUT2D eigenvalue weighted by molar-refractivity contribution is -0.134. The van der Waals surface area contributed by atoms with Crippen LogP contribution in [0.25, 0.3) is 0 Å². The first kappa shape index (κ1) is 20.5. The third-order valence-electron chi connectivity index (χ3n) is 7.08. The van der Waals surface area contributed by atoms with Crippen LogP contribution >= 0.6 is 23.2 Å². The van der Waals surface area contributed by atoms with Crippen LogP contribution in [-0.2, 0) is 16.0 Å². The molecule has 4 rings (SSSR count). The molecular weight excluding hydrogens is 395 g/mol. The molecule has 0 bridgehead atoms. The summed E-state index contributed by atoms with van der Waals surface area (Å²) < 4.78 is 5.77. The maximum atomic E-state index is 13.1. The van der Waals surface area contributed by atoms with E-state index in [1.807, 2.05) is 18.0 Å². The van der Waals surface area contributed by atoms with E-state index in [1.165, 1.54) is 19.3 Å². The van der Waals surface area contributed by atoms with Crippen LogP contribution in [0.3, 0.4) is 0 Å². The zero-order chi connectivity index (χ0) is 19.7. The summed E-state index contributed by atoms with van der Waals surface area (Å²) in [5, 5.41) is 1.03. The van der Waals surface area contributed by atoms with Crippen LogP contribution < -0.4 is 0 Å². The van der Waals surface area contributed by atoms with E-state index in [9.17, 15) is 4.79 Å². The molecule has 0 N–H and O–H groups in total. The summed E-state index contributed by atoms with van der Waals surface area (Å²) in [5.74, 6) is 0.159. The Morgan fingerprint density at radius 3 is 2.71 bits per heavy atom. The average Bonchev–Trinajstić information content (AvgIpc) is 3.37. The number of nitrogens with zero attached hydrogens (tertiary/aromatic N) is 2. The Morgan fingerprint density at radius 2 is 2.04 bits per heavy atom. The highest BCUT2D eigenvalue weighted by Crippen LogP contribution is 2.45. The number of ether oxygens (including phenoxy) is 1. The molecule has 1 saturated carbocycles. The normalized spacial score (nSPS) is 30.8. The molecule has 0 radical (unpaired) electrons. The van der Waals surface area contributed by atoms with Crippen LogP contribution in [-0.4, -0.2) is 61.1 Å². The fourth-order valence-corrected chi connectivity index (χ4v) is 5.69. The predicted octanol–water partition coefficient (Wildman–Crippen LogP) is 4.42. The molecule has 1 aliphatic carbocycles. The highest BCUT2D eigenvalue weighted by Gasteiger charge is 2.47. The number of carbonyl (C=O) groups is 1. The predicted molar refractivity (Wildman–Crippen MR) is 113 cm³/mol. The number of hydrogen-bond acceptors (Lipinski definition) is 3. The van der Waals surface area contributed by atoms with Gasteiger partial charge in [-0.2, -0.15) is 0 Å². The van der Waals surface area contributed by atoms with Crippen molar-refractivity contribution in [2.24, 2.45) is 5.41 Å². The van der Waals surface area contributed by atoms with Gasteiger partial charge in [-0.1, -0.05) is 29.3 Å². The second-order valence-electron chi connectivity index (χ2n) is 8.85. The number of rotatable bonds is 4. The lowest BCUT2D eigenvalue weighted by Gasteiger charge is -2.48. The third kappa shape index (κ3) is 4.21. The van der Waals surface area contributed by atoms with Crippen molar-refractivity contribution >= 4 is 29.1 Å². The van der Waals surface area contributed by atoms with E-state index in [4.69, 9.17) is 27.9 Å². The minimum Gasteiger partial charge on any atom is -0.381 e. The molecule has 3 aliphatic rings. The van der Waals surface area contributed by atoms with Crippen LogP contribution in [0.5, 0.6) is 0 Å². The molecule has 154 valence electrons. The van der Waals surface area contributed by atoms with Crippen molar-refractivity contribution in [1.82, 2.24) is 9.80 Å². The summed E-state index contributed by atoms with van der Waals surface area (Å²) in [6.45, 7) is 4.11. The molecule has 2 saturated heterocycles. The number of benzene rings is 1. The van der Waals surface area contributed by atoms with E-state index in [0.29, 0.717) is 27.9 Å². The zero-order valence-corrected chi connectivity index (χ0v) is 18.1. The van der Waals surface area contributed by atoms with E-state index >= 15 is 0 Å². The van der Waals surface area contributed by atoms with Crippen molar-refractivity contribution in [2.75, 3.05) is 33.4 Å². The molecular formula is C22H30Cl2N2O2. The number of halogens is 2. The molecule has 6 heteroatoms. The summed E-state index contributed by atoms with van der Waals surface area (Å²) >= 11 is 12.1. The van der Waals surface area contributed by atoms with Gasteiger partial charge in [0.15, 0.2) is 0 Å². The van der Waals surface area contributed by atoms with Crippen molar-refractivity contribution in [3.8, 4) is 0 Å². The maximum Gasteiger partial charge on any atom is 0.227 e. The molecule has 1 unspecified atom stereocenters. The summed E-state index contributed by atoms with van der Waals surface area (Å²) in [4.78, 5) is 17.7. The van der Waals surface area contributed by atoms with E-state index in [-0.39, 0.29) is 11.9 Å². The minimum absolute atomic E-state index is 0.159. The Morgan fingerprint density at radius 1 is 1.25 bits per heavy atom. The Balaban J connectivity index is 1.48. The molecule has 0 aromatic heterocycles. The lowest BCUT2D eigenvalue weighted by Crippen LogP contribution is -2.56. The molecule has 2 aliphatic heterocycles. The van der Waals surface area contributed by atoms with E-state index in [1.54, 1.807) is 12.1 Å². The Labute approximate surface area is 178 Å². The number of carbonyl (C=O) groups excluding carboxylic acids is 1. The minimum atomic E-state index is 0.159. The highest BCUT2D eigenvalue weighted by molar-refractivity contribution is 6.42. The molecule has 1 amide bonds. The van der Waals surface area contributed by atoms with Crippen molar-refractivity contribution in [3.63, 3.8) is 0 Å². The fourth-order valence-electron chi connectivity index (χ4n) is 5.37. The maximum absolute atomic E-state index is 13.1. The van der Waals surface area contributed by atoms with Crippen molar-refractivity contribution in [3.05, 3.63) is 33.8 Å². The van der Waals surface area contributed by atoms with Gasteiger partial charge in [0.25, 0.3) is 0 Å². The second-order valence-corrected chi connectivity index (χ2v) is 9.67. The van der Waals surface area contributed by atoms with Gasteiger partial charge in [-0.15, -0.1) is 0 Å². The smallest absolute Gasteiger partial charge is 0.227 e. The number of amides is 1. The van der Waals surface area contributed by atoms with Crippen LogP contribution in [0.1, 0.15) is 44.1 Å². The average molecular weight is 425 g/mol. The van der Waals surface area contributed by atoms with E-state index < -0.39 is 0 Å². The van der Waals surface area contributed by atoms with Crippen molar-refractivity contribution in [2.45, 2.75) is 57.0 Å². The molecule has 3 fully saturated rings. The largest absolute Gasteiger partial charge is 0.381 e. The van der Waals surface area contributed by atoms with Gasteiger partial charge >= 0.3 is 0 Å². The molecule has 2 heterocycles. The van der Waals surface area contributed by atoms with Crippen LogP contribution in [0, 0.1) is 5.41 Å². The molecule has 3 atom stereocenters. The first-order chi connectivity index (χ1) is 13.5. The van der Waals surface area contributed by atoms with Crippen molar-refractivity contribution in [1.29, 1.82) is 0 Å². The summed E-state index contributed by atoms with van der Waals surface area (Å²) in [5.41, 5.74) is 1.25. The molecule has 1 aromatic rings. The summed E-state index contributed by atoms with van der Waals surface area (Å²) in [7, 11) is 1.98. The van der Waals surface area contributed by atoms with Gasteiger partial charge in [0, 0.05) is 25.7 Å². The van der Waals surface area contributed by atoms with Gasteiger partial charge in [0.2, 0.25) is 5.91 Å². The second kappa shape index (κ2) is 8.51. The highest BCUT2D eigenvalue weighted by atomic mass is 35.5. The molecule has 1 spiro atoms. The van der Waals surface area contributed by atoms with Crippen LogP contribution in [0.15, 0.2) is 18.2 Å². The number of hydrogen-bond donors (Lipinski definition) is 0. The summed E-state index contributed by atoms with van der Waals surface area (Å²) in [6, 6.07) is 6.19. The van der Waals surface area contributed by atoms with Crippen LogP contribution in [0.2, 0.25) is 10.0 Å². The first-order valence-corrected chi connectivity index (χ1v) is 11.2. The molecule has 28 heavy (non-hydrogen) atoms. The van der Waals surface area contributed by atoms with Gasteiger partial charge in [0.05, 0.1) is 23.1 Å². The van der Waals surface area contributed by atoms with E-state index in [0.717, 1.165) is 51.1 Å². The van der Waals surface area contributed by atoms with Gasteiger partial charge < -0.3 is 9.64 Å². The molecule has 4 nitrogen and oxygen atoms in total. The SMILES string of the molecule is CN(C(=O)Cc1ccc(Cl)c(Cl)c1)C1CC[C@]2(CCOC2)C[C@@H]1N1CCCC1. The first-order valence-electron chi connectivity index (χ1n) is 10.5. The summed E-state index contributed by atoms with van der Waals surface area (Å²) in [6.07, 6.45) is 7.46. The number of likely N-dealkylation sites (tertiary alicyclic amines) is 1. The van der Waals surface area contributed by atoms with Gasteiger partial charge in [-0.25, -0.2) is 0 Å². The van der Waals surface area contributed by atoms with Gasteiger partial charge in [-0.3, -0.25) is 9.69 Å². The topological polar surface area (TPSA) is 32.8 Å². The molecule has 1 aromatic carbocycles. The van der Waals surface area contributed by atoms with Gasteiger partial charge in [-0.05, 0) is 74.7 Å². The quantitative estimate of drug-likeness (QED) is 0.716. The van der Waals surface area contributed by atoms with E-state index in [2.05, 4.69) is 4.90 Å². The Bertz CT molecular complexity index is 714. The Hall–Kier alpha value is -0.810. The van der Waals surface area contributed by atoms with Crippen LogP contribution in [0.4, 0.5) is 0 Å². The monoisotopic (exact) mass is 424 g/mol. The third-order valence-corrected chi connectivity index (χ3v) is 7.82. The lowest BCUT2D eigenvalue weighted by atomic mass is 9.69. The van der Waals surface area contributed by atoms with Gasteiger partial charge in [0.1, 0.15) is 0 Å². The Kier molecular flexibility index (Phi) is 6.22. The zero-order valence-electron chi connectivity index (χ0n) is 16.6. The van der Waals surface area contributed by atoms with Crippen molar-refractivity contribution < 1.29 is 9.53 Å².